The molecule has 0 rings (SSSR count). The van der Waals surface area contributed by atoms with Gasteiger partial charge in [-0.25, -0.2) is 0 Å². The summed E-state index contributed by atoms with van der Waals surface area (Å²) in [6.45, 7) is 4.18. The second-order valence-electron chi connectivity index (χ2n) is 2.00. The van der Waals surface area contributed by atoms with E-state index in [1.807, 2.05) is 13.8 Å². The topological polar surface area (TPSA) is 26.3 Å². The first-order chi connectivity index (χ1) is 4.72. The number of carbonyl (C=O) groups is 1. The summed E-state index contributed by atoms with van der Waals surface area (Å²) >= 11 is -0.643. The molecular weight excluding hydrogens is 255 g/mol. The minimum atomic E-state index is -0.643. The number of hydrogen-bond donors (Lipinski definition) is 0. The van der Waals surface area contributed by atoms with Crippen LogP contribution in [0.15, 0.2) is 0 Å². The molecule has 0 N–H and O–H groups in total. The Morgan fingerprint density at radius 2 is 2.40 bits per heavy atom. The molecular formula is C6H11O2SSn. The second-order valence-corrected chi connectivity index (χ2v) is 5.93. The van der Waals surface area contributed by atoms with Crippen LogP contribution in [-0.2, 0) is 9.53 Å². The van der Waals surface area contributed by atoms with Crippen LogP contribution in [0.25, 0.3) is 0 Å². The number of hydrogen-bond acceptors (Lipinski definition) is 3. The van der Waals surface area contributed by atoms with Crippen molar-refractivity contribution in [3.8, 4) is 0 Å². The quantitative estimate of drug-likeness (QED) is 0.568. The van der Waals surface area contributed by atoms with Crippen LogP contribution in [-0.4, -0.2) is 31.8 Å². The van der Waals surface area contributed by atoms with Crippen LogP contribution in [0.1, 0.15) is 13.8 Å². The molecule has 0 fully saturated rings. The molecule has 0 saturated carbocycles. The fraction of sp³-hybridized carbons (Fsp3) is 0.833. The van der Waals surface area contributed by atoms with Crippen LogP contribution in [0, 0.1) is 5.92 Å². The zero-order chi connectivity index (χ0) is 7.98. The summed E-state index contributed by atoms with van der Waals surface area (Å²) < 4.78 is 5.71. The molecule has 0 aliphatic rings. The Labute approximate surface area is 74.7 Å². The summed E-state index contributed by atoms with van der Waals surface area (Å²) in [6, 6.07) is 0. The predicted octanol–water partition coefficient (Wildman–Crippen LogP) is 1.42. The zero-order valence-electron chi connectivity index (χ0n) is 6.22. The van der Waals surface area contributed by atoms with E-state index in [2.05, 4.69) is 0 Å². The molecule has 0 bridgehead atoms. The van der Waals surface area contributed by atoms with Crippen molar-refractivity contribution in [2.24, 2.45) is 5.92 Å². The number of rotatable bonds is 4. The molecule has 0 aromatic rings. The van der Waals surface area contributed by atoms with Gasteiger partial charge in [-0.2, -0.15) is 0 Å². The number of esters is 1. The molecule has 2 nitrogen and oxygen atoms in total. The molecule has 0 heterocycles. The van der Waals surface area contributed by atoms with Crippen LogP contribution < -0.4 is 0 Å². The fourth-order valence-corrected chi connectivity index (χ4v) is 3.36. The molecule has 57 valence electrons. The summed E-state index contributed by atoms with van der Waals surface area (Å²) in [7, 11) is 4.89. The van der Waals surface area contributed by atoms with E-state index in [0.717, 1.165) is 4.44 Å². The van der Waals surface area contributed by atoms with Crippen LogP contribution in [0.2, 0.25) is 4.44 Å². The summed E-state index contributed by atoms with van der Waals surface area (Å²) in [4.78, 5) is 10.9. The van der Waals surface area contributed by atoms with Gasteiger partial charge in [0.1, 0.15) is 0 Å². The van der Waals surface area contributed by atoms with Crippen molar-refractivity contribution in [3.63, 3.8) is 0 Å². The summed E-state index contributed by atoms with van der Waals surface area (Å²) in [5.74, 6) is -0.0442. The second kappa shape index (κ2) is 6.22. The molecule has 0 aromatic heterocycles. The maximum absolute atomic E-state index is 10.9. The van der Waals surface area contributed by atoms with Crippen molar-refractivity contribution in [1.29, 1.82) is 0 Å². The van der Waals surface area contributed by atoms with Crippen LogP contribution in [0.3, 0.4) is 0 Å². The van der Waals surface area contributed by atoms with Gasteiger partial charge in [-0.3, -0.25) is 0 Å². The van der Waals surface area contributed by atoms with E-state index >= 15 is 0 Å². The van der Waals surface area contributed by atoms with Gasteiger partial charge in [0.15, 0.2) is 0 Å². The molecule has 1 unspecified atom stereocenters. The van der Waals surface area contributed by atoms with Gasteiger partial charge in [0, 0.05) is 0 Å². The van der Waals surface area contributed by atoms with Crippen LogP contribution in [0.5, 0.6) is 0 Å². The van der Waals surface area contributed by atoms with Gasteiger partial charge in [0.2, 0.25) is 0 Å². The average Bonchev–Trinajstić information content (AvgIpc) is 1.89. The maximum atomic E-state index is 10.9. The molecule has 0 spiro atoms. The van der Waals surface area contributed by atoms with E-state index in [4.69, 9.17) is 14.0 Å². The van der Waals surface area contributed by atoms with E-state index in [1.165, 1.54) is 0 Å². The van der Waals surface area contributed by atoms with Gasteiger partial charge in [-0.15, -0.1) is 0 Å². The Hall–Kier alpha value is 0.489. The van der Waals surface area contributed by atoms with E-state index in [1.54, 1.807) is 0 Å². The molecule has 0 saturated heterocycles. The molecule has 0 aliphatic heterocycles. The third kappa shape index (κ3) is 4.33. The molecule has 10 heavy (non-hydrogen) atoms. The zero-order valence-corrected chi connectivity index (χ0v) is 9.89. The van der Waals surface area contributed by atoms with Crippen molar-refractivity contribution in [2.45, 2.75) is 18.3 Å². The summed E-state index contributed by atoms with van der Waals surface area (Å²) in [5, 5.41) is 0. The van der Waals surface area contributed by atoms with E-state index in [9.17, 15) is 4.79 Å². The average molecular weight is 266 g/mol. The van der Waals surface area contributed by atoms with Crippen molar-refractivity contribution in [1.82, 2.24) is 0 Å². The van der Waals surface area contributed by atoms with E-state index < -0.39 is 19.2 Å². The van der Waals surface area contributed by atoms with Gasteiger partial charge in [-0.1, -0.05) is 0 Å². The van der Waals surface area contributed by atoms with Crippen LogP contribution >= 0.6 is 9.29 Å². The Balaban J connectivity index is 3.58. The third-order valence-electron chi connectivity index (χ3n) is 1.08. The number of ether oxygens (including phenoxy) is 1. The third-order valence-corrected chi connectivity index (χ3v) is 4.42. The molecule has 0 aromatic carbocycles. The molecule has 1 radical (unpaired) electrons. The van der Waals surface area contributed by atoms with Crippen molar-refractivity contribution < 1.29 is 9.53 Å². The van der Waals surface area contributed by atoms with E-state index in [-0.39, 0.29) is 11.9 Å². The van der Waals surface area contributed by atoms with Gasteiger partial charge < -0.3 is 0 Å². The van der Waals surface area contributed by atoms with Gasteiger partial charge >= 0.3 is 74.8 Å². The van der Waals surface area contributed by atoms with Crippen molar-refractivity contribution >= 4 is 34.5 Å². The first-order valence-electron chi connectivity index (χ1n) is 3.24. The minimum absolute atomic E-state index is 0.0454. The molecule has 1 atom stereocenters. The predicted molar refractivity (Wildman–Crippen MR) is 43.9 cm³/mol. The summed E-state index contributed by atoms with van der Waals surface area (Å²) in [6.07, 6.45) is 0. The number of carbonyl (C=O) groups excluding carboxylic acids is 1. The van der Waals surface area contributed by atoms with Crippen molar-refractivity contribution in [2.75, 3.05) is 6.61 Å². The molecule has 0 amide bonds. The van der Waals surface area contributed by atoms with Crippen molar-refractivity contribution in [3.05, 3.63) is 0 Å². The van der Waals surface area contributed by atoms with Gasteiger partial charge in [-0.05, 0) is 0 Å². The normalized spacial score (nSPS) is 12.2. The van der Waals surface area contributed by atoms with Gasteiger partial charge in [0.25, 0.3) is 0 Å². The Kier molecular flexibility index (Phi) is 6.52. The monoisotopic (exact) mass is 267 g/mol. The van der Waals surface area contributed by atoms with Crippen LogP contribution in [0.4, 0.5) is 0 Å². The first kappa shape index (κ1) is 10.5. The Morgan fingerprint density at radius 3 is 2.80 bits per heavy atom. The molecule has 0 aliphatic carbocycles. The van der Waals surface area contributed by atoms with Gasteiger partial charge in [0.05, 0.1) is 0 Å². The first-order valence-corrected chi connectivity index (χ1v) is 9.16. The fourth-order valence-electron chi connectivity index (χ4n) is 0.493. The Bertz CT molecular complexity index is 127. The molecule has 4 heteroatoms. The SMILES string of the molecule is CCOC(=O)C(C)[CH2][Sn]=[S]. The summed E-state index contributed by atoms with van der Waals surface area (Å²) in [5.41, 5.74) is 0. The Morgan fingerprint density at radius 1 is 1.80 bits per heavy atom. The van der Waals surface area contributed by atoms with E-state index in [0.29, 0.717) is 6.61 Å². The standard InChI is InChI=1S/C6H11O2.S.Sn/c1-4-8-6(7)5(2)3;;/h5H,2,4H2,1,3H3;;.